The molecule has 1 amide bonds. The van der Waals surface area contributed by atoms with E-state index < -0.39 is 0 Å². The Morgan fingerprint density at radius 2 is 2.15 bits per heavy atom. The van der Waals surface area contributed by atoms with Crippen molar-refractivity contribution in [1.82, 2.24) is 10.3 Å². The Morgan fingerprint density at radius 3 is 2.85 bits per heavy atom. The van der Waals surface area contributed by atoms with E-state index >= 15 is 0 Å². The van der Waals surface area contributed by atoms with Crippen LogP contribution in [0.3, 0.4) is 0 Å². The van der Waals surface area contributed by atoms with Crippen LogP contribution in [-0.4, -0.2) is 22.2 Å². The fraction of sp³-hybridized carbons (Fsp3) is 0.467. The summed E-state index contributed by atoms with van der Waals surface area (Å²) < 4.78 is 2.24. The maximum atomic E-state index is 11.8. The summed E-state index contributed by atoms with van der Waals surface area (Å²) in [5.74, 6) is 0.885. The van der Waals surface area contributed by atoms with Crippen molar-refractivity contribution in [3.63, 3.8) is 0 Å². The van der Waals surface area contributed by atoms with E-state index in [2.05, 4.69) is 23.3 Å². The largest absolute Gasteiger partial charge is 0.351 e. The standard InChI is InChI=1S/C15H20N2OS2/c1-4-15(2,3)17-13(18)9-10-19-14-16-11-7-5-6-8-12(11)20-14/h5-8H,4,9-10H2,1-3H3,(H,17,18). The lowest BCUT2D eigenvalue weighted by Gasteiger charge is -2.24. The topological polar surface area (TPSA) is 42.0 Å². The highest BCUT2D eigenvalue weighted by Gasteiger charge is 2.17. The van der Waals surface area contributed by atoms with E-state index in [1.165, 1.54) is 4.70 Å². The summed E-state index contributed by atoms with van der Waals surface area (Å²) in [6.07, 6.45) is 1.47. The van der Waals surface area contributed by atoms with Crippen molar-refractivity contribution in [2.75, 3.05) is 5.75 Å². The Morgan fingerprint density at radius 1 is 1.40 bits per heavy atom. The molecule has 0 unspecified atom stereocenters. The number of thioether (sulfide) groups is 1. The van der Waals surface area contributed by atoms with E-state index in [0.717, 1.165) is 22.0 Å². The number of nitrogens with zero attached hydrogens (tertiary/aromatic N) is 1. The third kappa shape index (κ3) is 4.21. The molecule has 0 saturated carbocycles. The zero-order valence-corrected chi connectivity index (χ0v) is 13.7. The fourth-order valence-electron chi connectivity index (χ4n) is 1.67. The average molecular weight is 308 g/mol. The molecule has 0 aliphatic rings. The minimum Gasteiger partial charge on any atom is -0.351 e. The molecular weight excluding hydrogens is 288 g/mol. The van der Waals surface area contributed by atoms with Gasteiger partial charge in [0.25, 0.3) is 0 Å². The molecule has 5 heteroatoms. The SMILES string of the molecule is CCC(C)(C)NC(=O)CCSc1nc2ccccc2s1. The molecule has 0 bridgehead atoms. The number of carbonyl (C=O) groups excluding carboxylic acids is 1. The second-order valence-electron chi connectivity index (χ2n) is 5.33. The summed E-state index contributed by atoms with van der Waals surface area (Å²) in [6, 6.07) is 8.12. The number of hydrogen-bond donors (Lipinski definition) is 1. The zero-order chi connectivity index (χ0) is 14.6. The Hall–Kier alpha value is -1.07. The van der Waals surface area contributed by atoms with Crippen molar-refractivity contribution in [3.8, 4) is 0 Å². The molecule has 3 nitrogen and oxygen atoms in total. The van der Waals surface area contributed by atoms with Crippen LogP contribution >= 0.6 is 23.1 Å². The second kappa shape index (κ2) is 6.59. The van der Waals surface area contributed by atoms with Crippen LogP contribution in [0, 0.1) is 0 Å². The van der Waals surface area contributed by atoms with Crippen LogP contribution in [0.5, 0.6) is 0 Å². The van der Waals surface area contributed by atoms with Gasteiger partial charge in [-0.3, -0.25) is 4.79 Å². The summed E-state index contributed by atoms with van der Waals surface area (Å²) in [7, 11) is 0. The first-order valence-electron chi connectivity index (χ1n) is 6.79. The average Bonchev–Trinajstić information content (AvgIpc) is 2.80. The first kappa shape index (κ1) is 15.3. The number of thiazole rings is 1. The first-order chi connectivity index (χ1) is 9.50. The summed E-state index contributed by atoms with van der Waals surface area (Å²) in [5, 5.41) is 3.05. The van der Waals surface area contributed by atoms with Gasteiger partial charge in [-0.25, -0.2) is 4.98 Å². The normalized spacial score (nSPS) is 11.8. The van der Waals surface area contributed by atoms with Crippen LogP contribution in [-0.2, 0) is 4.79 Å². The van der Waals surface area contributed by atoms with Gasteiger partial charge in [0.05, 0.1) is 10.2 Å². The molecule has 1 aromatic heterocycles. The maximum Gasteiger partial charge on any atom is 0.221 e. The smallest absolute Gasteiger partial charge is 0.221 e. The monoisotopic (exact) mass is 308 g/mol. The van der Waals surface area contributed by atoms with Gasteiger partial charge in [0.2, 0.25) is 5.91 Å². The Kier molecular flexibility index (Phi) is 5.05. The van der Waals surface area contributed by atoms with E-state index in [9.17, 15) is 4.79 Å². The molecule has 1 heterocycles. The van der Waals surface area contributed by atoms with Gasteiger partial charge in [-0.2, -0.15) is 0 Å². The zero-order valence-electron chi connectivity index (χ0n) is 12.1. The molecule has 0 radical (unpaired) electrons. The van der Waals surface area contributed by atoms with Gasteiger partial charge in [0, 0.05) is 17.7 Å². The number of hydrogen-bond acceptors (Lipinski definition) is 4. The van der Waals surface area contributed by atoms with Gasteiger partial charge < -0.3 is 5.32 Å². The molecule has 0 saturated heterocycles. The second-order valence-corrected chi connectivity index (χ2v) is 7.70. The Labute approximate surface area is 128 Å². The molecule has 0 atom stereocenters. The summed E-state index contributed by atoms with van der Waals surface area (Å²) in [5.41, 5.74) is 0.925. The molecule has 0 fully saturated rings. The number of aromatic nitrogens is 1. The number of benzene rings is 1. The van der Waals surface area contributed by atoms with Gasteiger partial charge in [-0.15, -0.1) is 11.3 Å². The highest BCUT2D eigenvalue weighted by molar-refractivity contribution is 8.01. The van der Waals surface area contributed by atoms with E-state index in [1.54, 1.807) is 23.1 Å². The molecule has 2 rings (SSSR count). The number of para-hydroxylation sites is 1. The molecule has 0 aliphatic heterocycles. The molecule has 108 valence electrons. The van der Waals surface area contributed by atoms with Crippen molar-refractivity contribution in [1.29, 1.82) is 0 Å². The Bertz CT molecular complexity index is 559. The highest BCUT2D eigenvalue weighted by Crippen LogP contribution is 2.29. The molecular formula is C15H20N2OS2. The Balaban J connectivity index is 1.82. The number of rotatable bonds is 6. The van der Waals surface area contributed by atoms with Crippen LogP contribution in [0.1, 0.15) is 33.6 Å². The van der Waals surface area contributed by atoms with Gasteiger partial charge in [0.1, 0.15) is 0 Å². The molecule has 1 aromatic carbocycles. The predicted octanol–water partition coefficient (Wildman–Crippen LogP) is 4.08. The molecule has 0 aliphatic carbocycles. The van der Waals surface area contributed by atoms with Crippen molar-refractivity contribution >= 4 is 39.2 Å². The molecule has 1 N–H and O–H groups in total. The summed E-state index contributed by atoms with van der Waals surface area (Å²) >= 11 is 3.34. The third-order valence-electron chi connectivity index (χ3n) is 3.19. The lowest BCUT2D eigenvalue weighted by molar-refractivity contribution is -0.122. The molecule has 0 spiro atoms. The fourth-order valence-corrected chi connectivity index (χ4v) is 3.75. The van der Waals surface area contributed by atoms with Crippen LogP contribution in [0.25, 0.3) is 10.2 Å². The highest BCUT2D eigenvalue weighted by atomic mass is 32.2. The minimum absolute atomic E-state index is 0.113. The van der Waals surface area contributed by atoms with Gasteiger partial charge >= 0.3 is 0 Å². The van der Waals surface area contributed by atoms with Crippen molar-refractivity contribution < 1.29 is 4.79 Å². The van der Waals surface area contributed by atoms with Crippen molar-refractivity contribution in [2.45, 2.75) is 43.5 Å². The van der Waals surface area contributed by atoms with Crippen molar-refractivity contribution in [3.05, 3.63) is 24.3 Å². The van der Waals surface area contributed by atoms with E-state index in [1.807, 2.05) is 32.0 Å². The van der Waals surface area contributed by atoms with Crippen molar-refractivity contribution in [2.24, 2.45) is 0 Å². The lowest BCUT2D eigenvalue weighted by atomic mass is 10.0. The molecule has 2 aromatic rings. The van der Waals surface area contributed by atoms with Crippen LogP contribution in [0.2, 0.25) is 0 Å². The van der Waals surface area contributed by atoms with Crippen LogP contribution < -0.4 is 5.32 Å². The lowest BCUT2D eigenvalue weighted by Crippen LogP contribution is -2.42. The predicted molar refractivity (Wildman–Crippen MR) is 87.5 cm³/mol. The minimum atomic E-state index is -0.113. The summed E-state index contributed by atoms with van der Waals surface area (Å²) in [4.78, 5) is 16.4. The van der Waals surface area contributed by atoms with Gasteiger partial charge in [-0.1, -0.05) is 30.8 Å². The van der Waals surface area contributed by atoms with E-state index in [-0.39, 0.29) is 11.4 Å². The van der Waals surface area contributed by atoms with Crippen LogP contribution in [0.4, 0.5) is 0 Å². The van der Waals surface area contributed by atoms with E-state index in [0.29, 0.717) is 6.42 Å². The quantitative estimate of drug-likeness (QED) is 0.818. The first-order valence-corrected chi connectivity index (χ1v) is 8.60. The maximum absolute atomic E-state index is 11.8. The van der Waals surface area contributed by atoms with Crippen LogP contribution in [0.15, 0.2) is 28.6 Å². The third-order valence-corrected chi connectivity index (χ3v) is 5.37. The van der Waals surface area contributed by atoms with Gasteiger partial charge in [0.15, 0.2) is 4.34 Å². The number of amides is 1. The number of fused-ring (bicyclic) bond motifs is 1. The number of carbonyl (C=O) groups is 1. The number of nitrogens with one attached hydrogen (secondary N) is 1. The van der Waals surface area contributed by atoms with Gasteiger partial charge in [-0.05, 0) is 32.4 Å². The summed E-state index contributed by atoms with van der Waals surface area (Å²) in [6.45, 7) is 6.17. The molecule has 20 heavy (non-hydrogen) atoms. The van der Waals surface area contributed by atoms with E-state index in [4.69, 9.17) is 0 Å².